The molecule has 0 bridgehead atoms. The molecule has 0 aliphatic carbocycles. The molecule has 0 spiro atoms. The molecule has 0 aliphatic rings. The van der Waals surface area contributed by atoms with Crippen molar-refractivity contribution in [3.8, 4) is 0 Å². The number of benzene rings is 2. The third-order valence-electron chi connectivity index (χ3n) is 5.88. The van der Waals surface area contributed by atoms with Gasteiger partial charge >= 0.3 is 5.97 Å². The van der Waals surface area contributed by atoms with Crippen molar-refractivity contribution in [2.75, 3.05) is 19.1 Å². The standard InChI is InChI=1S/C28H31N5O7S/c1-40-26(34)17-23(12-7-8-16-29-27(35)20-9-3-2-4-10-20)32-28(36)22-14-15-25(30-18-22)33-31-19-21-11-5-6-13-24(21)41(37,38)39/h2-6,9-11,13-15,18-19,23H,7-8,12,16-17H2,1H3,(H,29,35)(H,30,33)(H,32,36)(H,37,38,39). The summed E-state index contributed by atoms with van der Waals surface area (Å²) in [6, 6.07) is 17.2. The molecule has 0 radical (unpaired) electrons. The van der Waals surface area contributed by atoms with Gasteiger partial charge < -0.3 is 15.4 Å². The van der Waals surface area contributed by atoms with Crippen molar-refractivity contribution in [2.45, 2.75) is 36.6 Å². The van der Waals surface area contributed by atoms with Crippen LogP contribution in [-0.2, 0) is 19.6 Å². The molecule has 41 heavy (non-hydrogen) atoms. The zero-order valence-electron chi connectivity index (χ0n) is 22.3. The SMILES string of the molecule is COC(=O)CC(CCCCNC(=O)c1ccccc1)NC(=O)c1ccc(NN=Cc2ccccc2S(=O)(=O)O)nc1. The number of anilines is 1. The van der Waals surface area contributed by atoms with Gasteiger partial charge in [0, 0.05) is 29.9 Å². The summed E-state index contributed by atoms with van der Waals surface area (Å²) in [6.07, 6.45) is 4.34. The second kappa shape index (κ2) is 15.2. The van der Waals surface area contributed by atoms with Gasteiger partial charge in [-0.3, -0.25) is 24.4 Å². The Kier molecular flexibility index (Phi) is 11.5. The minimum Gasteiger partial charge on any atom is -0.469 e. The van der Waals surface area contributed by atoms with E-state index in [-0.39, 0.29) is 34.2 Å². The molecule has 13 heteroatoms. The highest BCUT2D eigenvalue weighted by Gasteiger charge is 2.18. The molecular formula is C28H31N5O7S. The van der Waals surface area contributed by atoms with Crippen LogP contribution in [0.15, 0.2) is 82.9 Å². The van der Waals surface area contributed by atoms with Crippen LogP contribution in [0.4, 0.5) is 5.82 Å². The maximum Gasteiger partial charge on any atom is 0.307 e. The average molecular weight is 582 g/mol. The normalized spacial score (nSPS) is 12.0. The summed E-state index contributed by atoms with van der Waals surface area (Å²) < 4.78 is 37.1. The number of pyridine rings is 1. The van der Waals surface area contributed by atoms with Crippen molar-refractivity contribution in [3.05, 3.63) is 89.6 Å². The second-order valence-electron chi connectivity index (χ2n) is 8.88. The molecule has 1 unspecified atom stereocenters. The maximum atomic E-state index is 12.8. The van der Waals surface area contributed by atoms with E-state index in [0.717, 1.165) is 0 Å². The number of esters is 1. The Morgan fingerprint density at radius 1 is 0.976 bits per heavy atom. The van der Waals surface area contributed by atoms with Crippen LogP contribution in [0.2, 0.25) is 0 Å². The molecule has 0 saturated carbocycles. The van der Waals surface area contributed by atoms with Gasteiger partial charge in [0.1, 0.15) is 10.7 Å². The Morgan fingerprint density at radius 3 is 2.39 bits per heavy atom. The lowest BCUT2D eigenvalue weighted by atomic mass is 10.1. The molecule has 3 rings (SSSR count). The predicted octanol–water partition coefficient (Wildman–Crippen LogP) is 3.04. The molecule has 2 amide bonds. The number of ether oxygens (including phenoxy) is 1. The third-order valence-corrected chi connectivity index (χ3v) is 6.81. The monoisotopic (exact) mass is 581 g/mol. The fourth-order valence-corrected chi connectivity index (χ4v) is 4.44. The van der Waals surface area contributed by atoms with E-state index < -0.39 is 28.0 Å². The van der Waals surface area contributed by atoms with Gasteiger partial charge in [0.25, 0.3) is 21.9 Å². The fraction of sp³-hybridized carbons (Fsp3) is 0.250. The van der Waals surface area contributed by atoms with Crippen LogP contribution >= 0.6 is 0 Å². The Labute approximate surface area is 238 Å². The number of nitrogens with one attached hydrogen (secondary N) is 3. The number of aromatic nitrogens is 1. The van der Waals surface area contributed by atoms with E-state index in [4.69, 9.17) is 4.74 Å². The number of carbonyl (C=O) groups is 3. The Hall–Kier alpha value is -4.62. The van der Waals surface area contributed by atoms with Crippen LogP contribution in [0.5, 0.6) is 0 Å². The molecule has 0 fully saturated rings. The predicted molar refractivity (Wildman–Crippen MR) is 152 cm³/mol. The number of unbranched alkanes of at least 4 members (excludes halogenated alkanes) is 1. The molecule has 0 saturated heterocycles. The number of hydrogen-bond acceptors (Lipinski definition) is 9. The van der Waals surface area contributed by atoms with Gasteiger partial charge in [0.15, 0.2) is 0 Å². The number of hydrazone groups is 1. The number of nitrogens with zero attached hydrogens (tertiary/aromatic N) is 2. The van der Waals surface area contributed by atoms with Gasteiger partial charge in [-0.2, -0.15) is 13.5 Å². The molecule has 3 aromatic rings. The smallest absolute Gasteiger partial charge is 0.307 e. The van der Waals surface area contributed by atoms with Crippen LogP contribution in [0.3, 0.4) is 0 Å². The molecule has 1 aromatic heterocycles. The summed E-state index contributed by atoms with van der Waals surface area (Å²) in [7, 11) is -3.13. The summed E-state index contributed by atoms with van der Waals surface area (Å²) in [6.45, 7) is 0.453. The third kappa shape index (κ3) is 10.1. The van der Waals surface area contributed by atoms with Gasteiger partial charge in [-0.15, -0.1) is 0 Å². The minimum absolute atomic E-state index is 0.00850. The first-order chi connectivity index (χ1) is 19.7. The van der Waals surface area contributed by atoms with Crippen LogP contribution < -0.4 is 16.1 Å². The molecule has 2 aromatic carbocycles. The summed E-state index contributed by atoms with van der Waals surface area (Å²) >= 11 is 0. The Morgan fingerprint density at radius 2 is 1.71 bits per heavy atom. The van der Waals surface area contributed by atoms with Gasteiger partial charge in [-0.25, -0.2) is 4.98 Å². The first-order valence-electron chi connectivity index (χ1n) is 12.7. The number of rotatable bonds is 14. The zero-order chi connectivity index (χ0) is 29.7. The summed E-state index contributed by atoms with van der Waals surface area (Å²) in [5, 5.41) is 9.62. The Bertz CT molecular complexity index is 1460. The Balaban J connectivity index is 1.51. The van der Waals surface area contributed by atoms with Crippen molar-refractivity contribution in [3.63, 3.8) is 0 Å². The van der Waals surface area contributed by atoms with Crippen molar-refractivity contribution >= 4 is 39.9 Å². The van der Waals surface area contributed by atoms with Crippen LogP contribution in [-0.4, -0.2) is 61.6 Å². The molecular weight excluding hydrogens is 550 g/mol. The lowest BCUT2D eigenvalue weighted by Gasteiger charge is -2.18. The van der Waals surface area contributed by atoms with E-state index in [1.807, 2.05) is 6.07 Å². The highest BCUT2D eigenvalue weighted by atomic mass is 32.2. The second-order valence-corrected chi connectivity index (χ2v) is 10.3. The van der Waals surface area contributed by atoms with E-state index in [1.165, 1.54) is 49.9 Å². The van der Waals surface area contributed by atoms with E-state index in [9.17, 15) is 27.4 Å². The van der Waals surface area contributed by atoms with Crippen LogP contribution in [0.1, 0.15) is 52.0 Å². The number of amides is 2. The molecule has 0 aliphatic heterocycles. The van der Waals surface area contributed by atoms with Crippen molar-refractivity contribution in [1.29, 1.82) is 0 Å². The summed E-state index contributed by atoms with van der Waals surface area (Å²) in [4.78, 5) is 40.7. The molecule has 4 N–H and O–H groups in total. The average Bonchev–Trinajstić information content (AvgIpc) is 2.97. The van der Waals surface area contributed by atoms with Gasteiger partial charge in [-0.05, 0) is 49.6 Å². The lowest BCUT2D eigenvalue weighted by molar-refractivity contribution is -0.141. The van der Waals surface area contributed by atoms with Gasteiger partial charge in [-0.1, -0.05) is 36.4 Å². The molecule has 1 atom stereocenters. The summed E-state index contributed by atoms with van der Waals surface area (Å²) in [5.41, 5.74) is 3.63. The van der Waals surface area contributed by atoms with Gasteiger partial charge in [0.05, 0.1) is 25.3 Å². The number of methoxy groups -OCH3 is 1. The van der Waals surface area contributed by atoms with Crippen molar-refractivity contribution in [2.24, 2.45) is 5.10 Å². The molecule has 216 valence electrons. The number of carbonyl (C=O) groups excluding carboxylic acids is 3. The van der Waals surface area contributed by atoms with Crippen LogP contribution in [0, 0.1) is 0 Å². The van der Waals surface area contributed by atoms with Crippen molar-refractivity contribution in [1.82, 2.24) is 15.6 Å². The molecule has 1 heterocycles. The van der Waals surface area contributed by atoms with E-state index in [0.29, 0.717) is 31.4 Å². The first-order valence-corrected chi connectivity index (χ1v) is 14.1. The highest BCUT2D eigenvalue weighted by Crippen LogP contribution is 2.14. The van der Waals surface area contributed by atoms with E-state index in [1.54, 1.807) is 30.3 Å². The topological polar surface area (TPSA) is 176 Å². The number of hydrogen-bond donors (Lipinski definition) is 4. The van der Waals surface area contributed by atoms with Crippen molar-refractivity contribution < 1.29 is 32.1 Å². The summed E-state index contributed by atoms with van der Waals surface area (Å²) in [5.74, 6) is -0.769. The zero-order valence-corrected chi connectivity index (χ0v) is 23.1. The largest absolute Gasteiger partial charge is 0.469 e. The maximum absolute atomic E-state index is 12.8. The quantitative estimate of drug-likeness (QED) is 0.0733. The first kappa shape index (κ1) is 30.9. The minimum atomic E-state index is -4.41. The van der Waals surface area contributed by atoms with Crippen LogP contribution in [0.25, 0.3) is 0 Å². The highest BCUT2D eigenvalue weighted by molar-refractivity contribution is 7.86. The van der Waals surface area contributed by atoms with Gasteiger partial charge in [0.2, 0.25) is 0 Å². The fourth-order valence-electron chi connectivity index (χ4n) is 3.77. The van der Waals surface area contributed by atoms with E-state index >= 15 is 0 Å². The molecule has 12 nitrogen and oxygen atoms in total. The van der Waals surface area contributed by atoms with E-state index in [2.05, 4.69) is 26.1 Å². The lowest BCUT2D eigenvalue weighted by Crippen LogP contribution is -2.37.